The van der Waals surface area contributed by atoms with Crippen molar-refractivity contribution < 1.29 is 19.1 Å². The molecule has 27 heavy (non-hydrogen) atoms. The summed E-state index contributed by atoms with van der Waals surface area (Å²) in [6.45, 7) is 0. The van der Waals surface area contributed by atoms with Crippen LogP contribution in [0.15, 0.2) is 51.9 Å². The van der Waals surface area contributed by atoms with Crippen molar-refractivity contribution in [1.82, 2.24) is 5.32 Å². The number of benzene rings is 2. The van der Waals surface area contributed by atoms with Crippen LogP contribution in [0.1, 0.15) is 0 Å². The maximum atomic E-state index is 12.7. The lowest BCUT2D eigenvalue weighted by Crippen LogP contribution is -2.58. The zero-order valence-corrected chi connectivity index (χ0v) is 16.3. The number of imide groups is 2. The molecular weight excluding hydrogens is 438 g/mol. The first-order chi connectivity index (χ1) is 12.9. The predicted molar refractivity (Wildman–Crippen MR) is 105 cm³/mol. The van der Waals surface area contributed by atoms with Gasteiger partial charge in [-0.25, -0.2) is 9.69 Å². The fraction of sp³-hybridized carbons (Fsp3) is 0.111. The second-order valence-corrected chi connectivity index (χ2v) is 6.84. The summed E-state index contributed by atoms with van der Waals surface area (Å²) >= 11 is 9.38. The molecule has 1 aliphatic rings. The van der Waals surface area contributed by atoms with E-state index in [4.69, 9.17) is 16.3 Å². The fourth-order valence-corrected chi connectivity index (χ4v) is 3.16. The Labute approximate surface area is 168 Å². The molecule has 1 fully saturated rings. The number of halogens is 2. The van der Waals surface area contributed by atoms with Crippen molar-refractivity contribution in [3.63, 3.8) is 0 Å². The summed E-state index contributed by atoms with van der Waals surface area (Å²) in [5, 5.41) is 2.52. The fourth-order valence-electron chi connectivity index (χ4n) is 2.44. The van der Waals surface area contributed by atoms with Gasteiger partial charge in [-0.3, -0.25) is 19.9 Å². The van der Waals surface area contributed by atoms with Crippen LogP contribution in [0.25, 0.3) is 0 Å². The number of rotatable bonds is 4. The van der Waals surface area contributed by atoms with Crippen LogP contribution in [0.4, 0.5) is 16.2 Å². The lowest BCUT2D eigenvalue weighted by molar-refractivity contribution is -0.131. The van der Waals surface area contributed by atoms with Gasteiger partial charge in [-0.05, 0) is 42.5 Å². The largest absolute Gasteiger partial charge is 0.497 e. The molecule has 0 saturated carbocycles. The van der Waals surface area contributed by atoms with Gasteiger partial charge in [-0.15, -0.1) is 0 Å². The minimum Gasteiger partial charge on any atom is -0.497 e. The highest BCUT2D eigenvalue weighted by Gasteiger charge is 2.40. The molecule has 2 aromatic rings. The number of barbiturate groups is 1. The summed E-state index contributed by atoms with van der Waals surface area (Å²) < 4.78 is 5.83. The molecular formula is C18H13BrClN3O4. The van der Waals surface area contributed by atoms with E-state index >= 15 is 0 Å². The first-order valence-electron chi connectivity index (χ1n) is 7.73. The number of ether oxygens (including phenoxy) is 1. The number of urea groups is 1. The summed E-state index contributed by atoms with van der Waals surface area (Å²) in [4.78, 5) is 42.0. The molecule has 0 spiro atoms. The summed E-state index contributed by atoms with van der Waals surface area (Å²) in [6.07, 6.45) is 1.18. The van der Waals surface area contributed by atoms with E-state index in [0.29, 0.717) is 22.1 Å². The molecule has 2 aromatic carbocycles. The Hall–Kier alpha value is -2.71. The number of amides is 4. The Balaban J connectivity index is 1.88. The van der Waals surface area contributed by atoms with Crippen molar-refractivity contribution in [2.75, 3.05) is 12.0 Å². The van der Waals surface area contributed by atoms with Gasteiger partial charge < -0.3 is 4.74 Å². The number of nitrogens with zero attached hydrogens (tertiary/aromatic N) is 2. The predicted octanol–water partition coefficient (Wildman–Crippen LogP) is 3.71. The number of hydrogen-bond donors (Lipinski definition) is 1. The van der Waals surface area contributed by atoms with Crippen LogP contribution < -0.4 is 15.0 Å². The number of carbonyl (C=O) groups is 3. The highest BCUT2D eigenvalue weighted by atomic mass is 79.9. The summed E-state index contributed by atoms with van der Waals surface area (Å²) in [5.41, 5.74) is 0.708. The second-order valence-electron chi connectivity index (χ2n) is 5.52. The van der Waals surface area contributed by atoms with Crippen LogP contribution in [0.5, 0.6) is 5.75 Å². The van der Waals surface area contributed by atoms with Crippen LogP contribution in [0.3, 0.4) is 0 Å². The number of nitrogens with one attached hydrogen (secondary N) is 1. The molecule has 4 amide bonds. The molecule has 0 unspecified atom stereocenters. The quantitative estimate of drug-likeness (QED) is 0.568. The number of hydrogen-bond acceptors (Lipinski definition) is 5. The number of carbonyl (C=O) groups excluding carboxylic acids is 3. The molecule has 3 rings (SSSR count). The summed E-state index contributed by atoms with van der Waals surface area (Å²) in [7, 11) is 1.51. The minimum absolute atomic E-state index is 0.311. The van der Waals surface area contributed by atoms with E-state index in [-0.39, 0.29) is 0 Å². The summed E-state index contributed by atoms with van der Waals surface area (Å²) in [5.74, 6) is -2.13. The van der Waals surface area contributed by atoms with Crippen LogP contribution in [-0.2, 0) is 9.59 Å². The molecule has 138 valence electrons. The Bertz CT molecular complexity index is 946. The third-order valence-corrected chi connectivity index (χ3v) is 4.60. The molecule has 0 aromatic heterocycles. The Kier molecular flexibility index (Phi) is 5.57. The van der Waals surface area contributed by atoms with Crippen LogP contribution >= 0.6 is 27.5 Å². The van der Waals surface area contributed by atoms with E-state index in [1.54, 1.807) is 42.5 Å². The average Bonchev–Trinajstić information content (AvgIpc) is 2.63. The van der Waals surface area contributed by atoms with Gasteiger partial charge in [0, 0.05) is 10.7 Å². The third kappa shape index (κ3) is 4.01. The molecule has 1 heterocycles. The SMILES string of the molecule is COc1ccc(N2C(=O)NC(=O)[C@H](C=Nc3ccc(Br)cc3Cl)C2=O)cc1. The first-order valence-corrected chi connectivity index (χ1v) is 8.90. The highest BCUT2D eigenvalue weighted by Crippen LogP contribution is 2.28. The molecule has 0 bridgehead atoms. The monoisotopic (exact) mass is 449 g/mol. The van der Waals surface area contributed by atoms with Crippen molar-refractivity contribution in [2.24, 2.45) is 10.9 Å². The van der Waals surface area contributed by atoms with Crippen molar-refractivity contribution in [2.45, 2.75) is 0 Å². The zero-order chi connectivity index (χ0) is 19.6. The molecule has 1 saturated heterocycles. The van der Waals surface area contributed by atoms with E-state index in [1.807, 2.05) is 0 Å². The Morgan fingerprint density at radius 3 is 2.52 bits per heavy atom. The summed E-state index contributed by atoms with van der Waals surface area (Å²) in [6, 6.07) is 10.5. The molecule has 1 atom stereocenters. The minimum atomic E-state index is -1.26. The van der Waals surface area contributed by atoms with Gasteiger partial charge in [0.15, 0.2) is 5.92 Å². The molecule has 1 aliphatic heterocycles. The third-order valence-electron chi connectivity index (χ3n) is 3.81. The maximum absolute atomic E-state index is 12.7. The van der Waals surface area contributed by atoms with E-state index < -0.39 is 23.8 Å². The van der Waals surface area contributed by atoms with Crippen LogP contribution in [0, 0.1) is 5.92 Å². The maximum Gasteiger partial charge on any atom is 0.335 e. The number of aliphatic imine (C=N–C) groups is 1. The lowest BCUT2D eigenvalue weighted by Gasteiger charge is -2.28. The molecule has 1 N–H and O–H groups in total. The first kappa shape index (κ1) is 19.1. The number of methoxy groups -OCH3 is 1. The molecule has 0 radical (unpaired) electrons. The van der Waals surface area contributed by atoms with Gasteiger partial charge >= 0.3 is 6.03 Å². The Morgan fingerprint density at radius 2 is 1.89 bits per heavy atom. The van der Waals surface area contributed by atoms with Gasteiger partial charge in [0.2, 0.25) is 5.91 Å². The van der Waals surface area contributed by atoms with Crippen molar-refractivity contribution >= 4 is 63.0 Å². The van der Waals surface area contributed by atoms with Crippen molar-refractivity contribution in [3.8, 4) is 5.75 Å². The van der Waals surface area contributed by atoms with E-state index in [2.05, 4.69) is 26.2 Å². The molecule has 9 heteroatoms. The lowest BCUT2D eigenvalue weighted by atomic mass is 10.1. The van der Waals surface area contributed by atoms with Gasteiger partial charge in [-0.1, -0.05) is 27.5 Å². The van der Waals surface area contributed by atoms with Crippen LogP contribution in [-0.4, -0.2) is 31.2 Å². The van der Waals surface area contributed by atoms with E-state index in [1.165, 1.54) is 13.3 Å². The van der Waals surface area contributed by atoms with E-state index in [0.717, 1.165) is 9.37 Å². The Morgan fingerprint density at radius 1 is 1.19 bits per heavy atom. The molecule has 7 nitrogen and oxygen atoms in total. The average molecular weight is 451 g/mol. The van der Waals surface area contributed by atoms with Gasteiger partial charge in [0.05, 0.1) is 23.5 Å². The topological polar surface area (TPSA) is 88.1 Å². The van der Waals surface area contributed by atoms with Crippen molar-refractivity contribution in [3.05, 3.63) is 52.0 Å². The smallest absolute Gasteiger partial charge is 0.335 e. The zero-order valence-electron chi connectivity index (χ0n) is 14.0. The molecule has 0 aliphatic carbocycles. The van der Waals surface area contributed by atoms with Crippen LogP contribution in [0.2, 0.25) is 5.02 Å². The van der Waals surface area contributed by atoms with Gasteiger partial charge in [-0.2, -0.15) is 0 Å². The van der Waals surface area contributed by atoms with Gasteiger partial charge in [0.25, 0.3) is 5.91 Å². The second kappa shape index (κ2) is 7.89. The normalized spacial score (nSPS) is 17.4. The van der Waals surface area contributed by atoms with Crippen molar-refractivity contribution in [1.29, 1.82) is 0 Å². The van der Waals surface area contributed by atoms with Gasteiger partial charge in [0.1, 0.15) is 5.75 Å². The standard InChI is InChI=1S/C18H13BrClN3O4/c1-27-12-5-3-11(4-6-12)23-17(25)13(16(24)22-18(23)26)9-21-15-7-2-10(19)8-14(15)20/h2-9,13H,1H3,(H,22,24,26)/t13-/m0/s1. The van der Waals surface area contributed by atoms with E-state index in [9.17, 15) is 14.4 Å². The highest BCUT2D eigenvalue weighted by molar-refractivity contribution is 9.10. The number of anilines is 1.